The van der Waals surface area contributed by atoms with Crippen molar-refractivity contribution in [3.63, 3.8) is 0 Å². The molecule has 0 bridgehead atoms. The van der Waals surface area contributed by atoms with E-state index in [4.69, 9.17) is 18.9 Å². The van der Waals surface area contributed by atoms with Crippen molar-refractivity contribution < 1.29 is 92.8 Å². The van der Waals surface area contributed by atoms with E-state index in [1.54, 1.807) is 136 Å². The van der Waals surface area contributed by atoms with Crippen LogP contribution in [0.5, 0.6) is 0 Å². The number of hydrogen-bond acceptors (Lipinski definition) is 23. The third-order valence-electron chi connectivity index (χ3n) is 20.0. The summed E-state index contributed by atoms with van der Waals surface area (Å²) in [5.41, 5.74) is 2.96. The van der Waals surface area contributed by atoms with E-state index in [-0.39, 0.29) is 129 Å². The Kier molecular flexibility index (Phi) is 36.3. The molecule has 3 aliphatic heterocycles. The highest BCUT2D eigenvalue weighted by Crippen LogP contribution is 2.38. The molecule has 12 rings (SSSR count). The summed E-state index contributed by atoms with van der Waals surface area (Å²) in [6.07, 6.45) is 1.53. The van der Waals surface area contributed by atoms with Crippen LogP contribution in [0, 0.1) is 4.91 Å². The highest BCUT2D eigenvalue weighted by Gasteiger charge is 2.45. The second-order valence-electron chi connectivity index (χ2n) is 30.9. The lowest BCUT2D eigenvalue weighted by Gasteiger charge is -2.33. The van der Waals surface area contributed by atoms with Gasteiger partial charge in [-0.15, -0.1) is 23.5 Å². The second kappa shape index (κ2) is 46.4. The van der Waals surface area contributed by atoms with Gasteiger partial charge in [0.25, 0.3) is 37.7 Å². The van der Waals surface area contributed by atoms with Crippen molar-refractivity contribution in [2.75, 3.05) is 99.9 Å². The van der Waals surface area contributed by atoms with Crippen LogP contribution in [0.15, 0.2) is 222 Å². The number of ketones is 1. The molecule has 0 aromatic heterocycles. The molecule has 8 amide bonds. The topological polar surface area (TPSA) is 417 Å². The summed E-state index contributed by atoms with van der Waals surface area (Å²) in [6, 6.07) is 49.6. The van der Waals surface area contributed by atoms with Crippen LogP contribution in [-0.2, 0) is 72.7 Å². The van der Waals surface area contributed by atoms with Gasteiger partial charge in [0.1, 0.15) is 45.7 Å². The Morgan fingerprint density at radius 1 is 0.441 bits per heavy atom. The molecule has 9 N–H and O–H groups in total. The van der Waals surface area contributed by atoms with Gasteiger partial charge in [0.05, 0.1) is 55.6 Å². The third-order valence-corrected chi connectivity index (χ3v) is 23.7. The Labute approximate surface area is 747 Å². The molecule has 0 aliphatic carbocycles. The van der Waals surface area contributed by atoms with E-state index >= 15 is 0 Å². The quantitative estimate of drug-likeness (QED) is 0.0140. The van der Waals surface area contributed by atoms with E-state index in [1.807, 2.05) is 100 Å². The summed E-state index contributed by atoms with van der Waals surface area (Å²) in [6.45, 7) is 14.5. The van der Waals surface area contributed by atoms with Crippen LogP contribution in [0.2, 0.25) is 0 Å². The molecule has 3 heterocycles. The van der Waals surface area contributed by atoms with Gasteiger partial charge in [-0.1, -0.05) is 140 Å². The van der Waals surface area contributed by atoms with Crippen LogP contribution in [-0.4, -0.2) is 234 Å². The lowest BCUT2D eigenvalue weighted by atomic mass is 10.0. The zero-order valence-electron chi connectivity index (χ0n) is 72.7. The van der Waals surface area contributed by atoms with Gasteiger partial charge in [0.15, 0.2) is 7.05 Å². The van der Waals surface area contributed by atoms with Crippen molar-refractivity contribution in [3.05, 3.63) is 234 Å². The zero-order valence-corrected chi connectivity index (χ0v) is 76.0. The van der Waals surface area contributed by atoms with Gasteiger partial charge in [0.2, 0.25) is 41.2 Å². The van der Waals surface area contributed by atoms with Gasteiger partial charge in [-0.25, -0.2) is 0 Å². The van der Waals surface area contributed by atoms with Crippen LogP contribution in [0.1, 0.15) is 87.7 Å². The maximum atomic E-state index is 14.0. The fourth-order valence-corrected chi connectivity index (χ4v) is 17.7. The lowest BCUT2D eigenvalue weighted by Crippen LogP contribution is -2.57. The van der Waals surface area contributed by atoms with E-state index < -0.39 is 80.1 Å². The molecule has 127 heavy (non-hydrogen) atoms. The zero-order chi connectivity index (χ0) is 92.6. The Morgan fingerprint density at radius 3 is 1.20 bits per heavy atom. The van der Waals surface area contributed by atoms with Crippen molar-refractivity contribution in [2.45, 2.75) is 132 Å². The van der Waals surface area contributed by atoms with E-state index in [0.717, 1.165) is 27.9 Å². The van der Waals surface area contributed by atoms with Crippen LogP contribution >= 0.6 is 23.5 Å². The highest BCUT2D eigenvalue weighted by molar-refractivity contribution is 7.99. The minimum Gasteiger partial charge on any atom is -0.382 e. The smallest absolute Gasteiger partial charge is 0.295 e. The molecular weight excluding hydrogens is 1710 g/mol. The average Bonchev–Trinajstić information content (AvgIpc) is 1.70. The SMILES string of the molecule is COCC(C(=O)NC(C)C)N(C(=O)C1CSCN1)C1=CNC(c2ccccc2)C1=O.COCC(C(=O)NC(C)C)N(C(=O)C1CSCN1)c1cccc2ccccc12.COCC(C(=O)NC(C)C)N(C(=O)c1cccc([N+](C)=O)c1)c1cccc2c(S(=O)(=O)O)cccc12.COCC(C(=O)NC(C)C)N(C(=O)c1ccccc1)c1cccc2c(S(=O)(=O)O)cccc12. The van der Waals surface area contributed by atoms with E-state index in [9.17, 15) is 74.0 Å². The molecule has 3 aliphatic rings. The maximum Gasteiger partial charge on any atom is 0.295 e. The maximum absolute atomic E-state index is 14.0. The molecule has 36 heteroatoms. The number of carbonyl (C=O) groups is 9. The van der Waals surface area contributed by atoms with E-state index in [1.165, 1.54) is 104 Å². The van der Waals surface area contributed by atoms with Crippen molar-refractivity contribution in [1.82, 2.24) is 42.1 Å². The number of Topliss-reactive ketones (excluding diaryl/α,β-unsaturated/α-hetero) is 1. The fourth-order valence-electron chi connectivity index (χ4n) is 14.4. The summed E-state index contributed by atoms with van der Waals surface area (Å²) in [5.74, 6) is -0.570. The molecule has 0 spiro atoms. The largest absolute Gasteiger partial charge is 0.382 e. The molecule has 676 valence electrons. The molecule has 0 saturated carbocycles. The van der Waals surface area contributed by atoms with Crippen molar-refractivity contribution in [3.8, 4) is 0 Å². The summed E-state index contributed by atoms with van der Waals surface area (Å²) in [5, 5.41) is 23.9. The number of ether oxygens (including phenoxy) is 4. The lowest BCUT2D eigenvalue weighted by molar-refractivity contribution is -0.428. The summed E-state index contributed by atoms with van der Waals surface area (Å²) >= 11 is 3.28. The third kappa shape index (κ3) is 25.5. The first kappa shape index (κ1) is 99.4. The van der Waals surface area contributed by atoms with Crippen molar-refractivity contribution >= 4 is 152 Å². The normalized spacial score (nSPS) is 15.8. The monoisotopic (exact) mass is 1820 g/mol. The van der Waals surface area contributed by atoms with Gasteiger partial charge in [-0.05, 0) is 115 Å². The number of nitrogens with zero attached hydrogens (tertiary/aromatic N) is 5. The van der Waals surface area contributed by atoms with Gasteiger partial charge >= 0.3 is 0 Å². The predicted octanol–water partition coefficient (Wildman–Crippen LogP) is 9.73. The van der Waals surface area contributed by atoms with Crippen LogP contribution in [0.3, 0.4) is 0 Å². The molecule has 9 aromatic rings. The number of anilines is 3. The summed E-state index contributed by atoms with van der Waals surface area (Å²) in [4.78, 5) is 137. The standard InChI is InChI=1S/C25H27N3O7S.C24H26N2O6S.C21H28N4O4S.C21H27N3O3S/c1-16(2)26-24(29)22(15-35-4)28(25(30)17-8-5-9-18(14-17)27(3)31)21-12-6-11-20-19(21)10-7-13-23(20)36(32,33)34;1-16(2)25-23(27)21(15-32-3)26(24(28)17-9-5-4-6-10-17)20-13-7-12-19-18(20)11-8-14-22(19)33(29,30)31;1-13(2)24-20(27)17(10-29-3)25(21(28)15-11-30-12-23-15)16-9-22-18(19(16)26)14-7-5-4-6-8-14;1-14(2)23-20(25)19(11-27-3)24(21(26)17-12-28-13-22-17)18-10-6-8-15-7-4-5-9-16(15)18/h5-14,16,22H,15H2,1-4H3,(H-,26,29,32,33,34);4-14,16,21H,15H2,1-3H3,(H,25,27)(H,29,30,31);4-9,13,15,17-18,22-23H,10-12H2,1-3H3,(H,24,27);4-10,14,17,19,22H,11-13H2,1-3H3,(H,23,25)/p+1. The van der Waals surface area contributed by atoms with Crippen LogP contribution < -0.4 is 51.9 Å². The van der Waals surface area contributed by atoms with Gasteiger partial charge in [-0.3, -0.25) is 82.5 Å². The molecule has 7 unspecified atom stereocenters. The minimum atomic E-state index is -4.57. The number of fused-ring (bicyclic) bond motifs is 3. The average molecular weight is 1820 g/mol. The van der Waals surface area contributed by atoms with Crippen molar-refractivity contribution in [1.29, 1.82) is 0 Å². The molecular formula is C91H109N12O20S4+. The molecule has 2 fully saturated rings. The number of thioether (sulfide) groups is 2. The summed E-state index contributed by atoms with van der Waals surface area (Å²) in [7, 11) is -1.94. The number of carbonyl (C=O) groups excluding carboxylic acids is 9. The predicted molar refractivity (Wildman–Crippen MR) is 491 cm³/mol. The fraction of sp³-hybridized carbons (Fsp3) is 0.352. The van der Waals surface area contributed by atoms with Gasteiger partial charge < -0.3 is 45.5 Å². The first-order chi connectivity index (χ1) is 60.6. The van der Waals surface area contributed by atoms with Gasteiger partial charge in [0, 0.05) is 142 Å². The first-order valence-corrected chi connectivity index (χ1v) is 46.0. The summed E-state index contributed by atoms with van der Waals surface area (Å²) < 4.78 is 89.1. The van der Waals surface area contributed by atoms with Crippen LogP contribution in [0.4, 0.5) is 22.7 Å². The van der Waals surface area contributed by atoms with E-state index in [0.29, 0.717) is 44.2 Å². The molecule has 2 saturated heterocycles. The van der Waals surface area contributed by atoms with Gasteiger partial charge in [-0.2, -0.15) is 16.8 Å². The molecule has 9 aromatic carbocycles. The molecule has 0 radical (unpaired) electrons. The van der Waals surface area contributed by atoms with Crippen molar-refractivity contribution in [2.24, 2.45) is 0 Å². The number of amides is 8. The number of methoxy groups -OCH3 is 4. The number of nitrogens with one attached hydrogen (secondary N) is 7. The highest BCUT2D eigenvalue weighted by atomic mass is 32.2. The Balaban J connectivity index is 0.000000192. The second-order valence-corrected chi connectivity index (χ2v) is 35.7. The number of benzene rings is 9. The van der Waals surface area contributed by atoms with E-state index in [2.05, 4.69) is 37.2 Å². The first-order valence-electron chi connectivity index (χ1n) is 40.8. The number of hydrogen-bond donors (Lipinski definition) is 9. The molecule has 7 atom stereocenters. The Morgan fingerprint density at radius 2 is 0.787 bits per heavy atom. The Bertz CT molecular complexity index is 5680. The molecule has 32 nitrogen and oxygen atoms in total. The Hall–Kier alpha value is -11.4. The number of nitroso groups, excluding NO2 is 1. The number of rotatable bonds is 32. The minimum absolute atomic E-state index is 0.0230. The van der Waals surface area contributed by atoms with Crippen LogP contribution in [0.25, 0.3) is 32.3 Å².